The molecular formula is C58H71BrCl4K2O9. The molecule has 0 aliphatic carbocycles. The molecule has 0 heterocycles. The first-order valence-electron chi connectivity index (χ1n) is 23.6. The van der Waals surface area contributed by atoms with Crippen LogP contribution in [-0.4, -0.2) is 70.5 Å². The summed E-state index contributed by atoms with van der Waals surface area (Å²) in [5.74, 6) is 6.10. The van der Waals surface area contributed by atoms with E-state index in [0.29, 0.717) is 37.5 Å². The van der Waals surface area contributed by atoms with Crippen LogP contribution in [0, 0.1) is 0 Å². The average molecular weight is 1210 g/mol. The molecule has 16 heteroatoms. The fraction of sp³-hybridized carbons (Fsp3) is 0.362. The first kappa shape index (κ1) is 72.5. The molecule has 74 heavy (non-hydrogen) atoms. The van der Waals surface area contributed by atoms with Gasteiger partial charge in [-0.3, -0.25) is 4.79 Å². The predicted octanol–water partition coefficient (Wildman–Crippen LogP) is 8.74. The van der Waals surface area contributed by atoms with Gasteiger partial charge in [0.15, 0.2) is 0 Å². The van der Waals surface area contributed by atoms with Crippen molar-refractivity contribution < 1.29 is 149 Å². The molecule has 9 nitrogen and oxygen atoms in total. The predicted molar refractivity (Wildman–Crippen MR) is 300 cm³/mol. The smallest absolute Gasteiger partial charge is 1.00 e. The van der Waals surface area contributed by atoms with Gasteiger partial charge in [0.2, 0.25) is 0 Å². The number of hydrogen-bond donors (Lipinski definition) is 3. The van der Waals surface area contributed by atoms with Crippen LogP contribution in [0.15, 0.2) is 146 Å². The fourth-order valence-corrected chi connectivity index (χ4v) is 7.89. The molecule has 0 atom stereocenters. The molecule has 0 aliphatic rings. The second-order valence-corrected chi connectivity index (χ2v) is 20.0. The Morgan fingerprint density at radius 3 is 0.770 bits per heavy atom. The van der Waals surface area contributed by atoms with Crippen molar-refractivity contribution in [3.63, 3.8) is 0 Å². The average Bonchev–Trinajstić information content (AvgIpc) is 3.38. The number of phenolic OH excluding ortho intramolecular Hbond substituents is 3. The zero-order valence-electron chi connectivity index (χ0n) is 45.1. The zero-order valence-corrected chi connectivity index (χ0v) is 55.0. The maximum Gasteiger partial charge on any atom is 1.00 e. The molecule has 0 spiro atoms. The van der Waals surface area contributed by atoms with Gasteiger partial charge < -0.3 is 41.1 Å². The van der Waals surface area contributed by atoms with Crippen molar-refractivity contribution in [2.24, 2.45) is 0 Å². The molecule has 0 aliphatic heterocycles. The van der Waals surface area contributed by atoms with Gasteiger partial charge in [0.05, 0.1) is 19.8 Å². The standard InChI is InChI=1S/C21H26Cl2O2.C18H21ClO2.C15H16O2.C3H6BrCl.CH2O3.2K.H/c1-21(2,17-5-9-19(10-6-17)24-15-3-13-22)18-7-11-20(12-8-18)25-16-4-14-23;1-18(2,14-4-8-16(20)9-5-14)15-6-10-17(11-7-15)21-13-3-12-19;1-15(2,11-3-7-13(16)8-4-11)12-5-9-14(17)10-6-12;4-2-1-3-5;2-1-4-3;;;/h5-12H,3-4,13-16H2,1-2H3;4-11,20H,3,12-13H2,1-2H3;3-10,16-17H,1-2H3;1-3H2;1,3H;;;/q;;;;;2*+1;-1/p-1. The number of halogens is 5. The minimum absolute atomic E-state index is 0. The van der Waals surface area contributed by atoms with E-state index in [-0.39, 0.29) is 144 Å². The van der Waals surface area contributed by atoms with Gasteiger partial charge in [0.1, 0.15) is 34.5 Å². The number of hydrogen-bond acceptors (Lipinski definition) is 9. The van der Waals surface area contributed by atoms with Gasteiger partial charge in [-0.15, -0.1) is 46.4 Å². The first-order chi connectivity index (χ1) is 34.4. The van der Waals surface area contributed by atoms with Crippen molar-refractivity contribution in [1.29, 1.82) is 0 Å². The SMILES string of the molecule is CC(C)(c1ccc(O)cc1)c1ccc(O)cc1.CC(C)(c1ccc(O)cc1)c1ccc(OCCCCl)cc1.CC(C)(c1ccc(OCCCCl)cc1)c1ccc(OCCCCl)cc1.ClCCCBr.O=CO[O-].[H-].[K+].[K+]. The normalized spacial score (nSPS) is 10.5. The Balaban J connectivity index is 0. The van der Waals surface area contributed by atoms with E-state index < -0.39 is 0 Å². The van der Waals surface area contributed by atoms with E-state index in [9.17, 15) is 15.3 Å². The van der Waals surface area contributed by atoms with Crippen LogP contribution in [0.5, 0.6) is 34.5 Å². The maximum absolute atomic E-state index is 9.41. The quantitative estimate of drug-likeness (QED) is 0.0161. The summed E-state index contributed by atoms with van der Waals surface area (Å²) in [6.45, 7) is 14.8. The summed E-state index contributed by atoms with van der Waals surface area (Å²) in [7, 11) is 0. The van der Waals surface area contributed by atoms with Crippen molar-refractivity contribution in [2.75, 3.05) is 48.7 Å². The van der Waals surface area contributed by atoms with Crippen molar-refractivity contribution in [2.45, 2.75) is 83.5 Å². The Kier molecular flexibility index (Phi) is 39.8. The number of alkyl halides is 5. The van der Waals surface area contributed by atoms with E-state index in [1.165, 1.54) is 16.7 Å². The number of carbonyl (C=O) groups is 1. The summed E-state index contributed by atoms with van der Waals surface area (Å²) in [6, 6.07) is 46.6. The molecule has 6 aromatic rings. The minimum atomic E-state index is -0.181. The Hall–Kier alpha value is -1.54. The Morgan fingerprint density at radius 2 is 0.622 bits per heavy atom. The number of ether oxygens (including phenoxy) is 3. The zero-order chi connectivity index (χ0) is 53.4. The summed E-state index contributed by atoms with van der Waals surface area (Å²) < 4.78 is 17.0. The summed E-state index contributed by atoms with van der Waals surface area (Å²) in [6.07, 6.45) is 3.63. The molecule has 0 fully saturated rings. The molecule has 0 amide bonds. The van der Waals surface area contributed by atoms with E-state index in [0.717, 1.165) is 70.8 Å². The molecule has 394 valence electrons. The summed E-state index contributed by atoms with van der Waals surface area (Å²) in [5.41, 5.74) is 6.74. The largest absolute Gasteiger partial charge is 1.00 e. The summed E-state index contributed by atoms with van der Waals surface area (Å²) in [4.78, 5) is 11.2. The monoisotopic (exact) mass is 1210 g/mol. The number of carbonyl (C=O) groups excluding carboxylic acids is 1. The van der Waals surface area contributed by atoms with E-state index in [1.807, 2.05) is 72.8 Å². The van der Waals surface area contributed by atoms with Crippen molar-refractivity contribution in [3.05, 3.63) is 179 Å². The Labute approximate surface area is 555 Å². The van der Waals surface area contributed by atoms with Gasteiger partial charge in [0.25, 0.3) is 6.47 Å². The first-order valence-corrected chi connectivity index (χ1v) is 26.8. The second kappa shape index (κ2) is 40.6. The van der Waals surface area contributed by atoms with Crippen molar-refractivity contribution >= 4 is 68.8 Å². The third-order valence-corrected chi connectivity index (χ3v) is 13.1. The van der Waals surface area contributed by atoms with Gasteiger partial charge >= 0.3 is 103 Å². The van der Waals surface area contributed by atoms with Crippen LogP contribution in [0.4, 0.5) is 0 Å². The summed E-state index contributed by atoms with van der Waals surface area (Å²) >= 11 is 25.5. The van der Waals surface area contributed by atoms with Gasteiger partial charge in [0, 0.05) is 45.1 Å². The Morgan fingerprint density at radius 1 is 0.432 bits per heavy atom. The number of aromatic hydroxyl groups is 3. The molecule has 3 N–H and O–H groups in total. The van der Waals surface area contributed by atoms with Crippen LogP contribution in [0.1, 0.15) is 102 Å². The molecule has 0 saturated heterocycles. The van der Waals surface area contributed by atoms with Gasteiger partial charge in [-0.05, 0) is 132 Å². The minimum Gasteiger partial charge on any atom is -1.00 e. The number of phenols is 3. The molecule has 6 rings (SSSR count). The van der Waals surface area contributed by atoms with E-state index in [4.69, 9.17) is 70.7 Å². The van der Waals surface area contributed by atoms with Crippen LogP contribution in [0.3, 0.4) is 0 Å². The van der Waals surface area contributed by atoms with Gasteiger partial charge in [-0.25, -0.2) is 0 Å². The van der Waals surface area contributed by atoms with E-state index in [2.05, 4.69) is 98.8 Å². The van der Waals surface area contributed by atoms with Crippen LogP contribution < -0.4 is 122 Å². The summed E-state index contributed by atoms with van der Waals surface area (Å²) in [5, 5.41) is 37.5. The molecule has 6 aromatic carbocycles. The van der Waals surface area contributed by atoms with Crippen LogP contribution >= 0.6 is 62.3 Å². The van der Waals surface area contributed by atoms with Gasteiger partial charge in [-0.2, -0.15) is 0 Å². The molecule has 0 unspecified atom stereocenters. The van der Waals surface area contributed by atoms with Gasteiger partial charge in [-0.1, -0.05) is 130 Å². The van der Waals surface area contributed by atoms with Crippen molar-refractivity contribution in [1.82, 2.24) is 0 Å². The number of benzene rings is 6. The third-order valence-electron chi connectivity index (χ3n) is 11.4. The third kappa shape index (κ3) is 26.9. The molecule has 0 radical (unpaired) electrons. The second-order valence-electron chi connectivity index (χ2n) is 17.7. The van der Waals surface area contributed by atoms with Crippen LogP contribution in [-0.2, 0) is 25.9 Å². The molecule has 0 saturated carbocycles. The molecule has 0 bridgehead atoms. The topological polar surface area (TPSA) is 138 Å². The maximum atomic E-state index is 9.41. The van der Waals surface area contributed by atoms with Crippen LogP contribution in [0.2, 0.25) is 0 Å². The Bertz CT molecular complexity index is 2240. The van der Waals surface area contributed by atoms with Crippen molar-refractivity contribution in [3.8, 4) is 34.5 Å². The van der Waals surface area contributed by atoms with E-state index in [1.54, 1.807) is 36.4 Å². The fourth-order valence-electron chi connectivity index (χ4n) is 6.82. The van der Waals surface area contributed by atoms with Crippen LogP contribution in [0.25, 0.3) is 0 Å². The molecule has 0 aromatic heterocycles. The number of rotatable bonds is 21. The van der Waals surface area contributed by atoms with E-state index >= 15 is 0 Å². The molecular weight excluding hydrogens is 1140 g/mol.